The molecule has 1 saturated heterocycles. The van der Waals surface area contributed by atoms with Gasteiger partial charge in [0.2, 0.25) is 0 Å². The lowest BCUT2D eigenvalue weighted by Gasteiger charge is -2.41. The van der Waals surface area contributed by atoms with Crippen LogP contribution < -0.4 is 0 Å². The summed E-state index contributed by atoms with van der Waals surface area (Å²) in [5, 5.41) is 1.17. The Morgan fingerprint density at radius 2 is 1.50 bits per heavy atom. The van der Waals surface area contributed by atoms with Crippen LogP contribution in [-0.4, -0.2) is 59.5 Å². The van der Waals surface area contributed by atoms with Gasteiger partial charge in [-0.3, -0.25) is 9.74 Å². The minimum atomic E-state index is -0.822. The topological polar surface area (TPSA) is 94.6 Å². The van der Waals surface area contributed by atoms with E-state index >= 15 is 0 Å². The molecule has 0 saturated carbocycles. The molecule has 1 aliphatic rings. The first-order valence-corrected chi connectivity index (χ1v) is 11.9. The second-order valence-electron chi connectivity index (χ2n) is 9.53. The first-order valence-electron chi connectivity index (χ1n) is 11.9. The van der Waals surface area contributed by atoms with Gasteiger partial charge in [-0.15, -0.1) is 0 Å². The number of carbonyl (C=O) groups is 3. The van der Waals surface area contributed by atoms with Gasteiger partial charge >= 0.3 is 18.2 Å². The highest BCUT2D eigenvalue weighted by molar-refractivity contribution is 5.82. The zero-order valence-electron chi connectivity index (χ0n) is 21.2. The van der Waals surface area contributed by atoms with Gasteiger partial charge in [-0.25, -0.2) is 14.4 Å². The van der Waals surface area contributed by atoms with Crippen molar-refractivity contribution < 1.29 is 33.4 Å². The molecule has 0 unspecified atom stereocenters. The van der Waals surface area contributed by atoms with Crippen molar-refractivity contribution in [2.24, 2.45) is 0 Å². The van der Waals surface area contributed by atoms with E-state index in [0.29, 0.717) is 6.42 Å². The fourth-order valence-corrected chi connectivity index (χ4v) is 3.85. The second kappa shape index (κ2) is 12.4. The van der Waals surface area contributed by atoms with Gasteiger partial charge in [0.25, 0.3) is 0 Å². The van der Waals surface area contributed by atoms with E-state index in [9.17, 15) is 14.4 Å². The summed E-state index contributed by atoms with van der Waals surface area (Å²) >= 11 is 0. The number of hydrogen-bond acceptors (Lipinski definition) is 7. The lowest BCUT2D eigenvalue weighted by molar-refractivity contribution is -0.185. The largest absolute Gasteiger partial charge is 0.467 e. The lowest BCUT2D eigenvalue weighted by atomic mass is 9.98. The zero-order chi connectivity index (χ0) is 26.1. The Morgan fingerprint density at radius 3 is 2.06 bits per heavy atom. The van der Waals surface area contributed by atoms with Gasteiger partial charge in [0.1, 0.15) is 24.9 Å². The average Bonchev–Trinajstić information content (AvgIpc) is 2.87. The normalized spacial score (nSPS) is 17.7. The number of nitrogens with zero attached hydrogens (tertiary/aromatic N) is 2. The van der Waals surface area contributed by atoms with Gasteiger partial charge in [0.15, 0.2) is 0 Å². The van der Waals surface area contributed by atoms with Crippen LogP contribution in [0, 0.1) is 0 Å². The molecule has 9 heteroatoms. The molecule has 2 amide bonds. The molecule has 2 atom stereocenters. The van der Waals surface area contributed by atoms with Crippen molar-refractivity contribution in [3.63, 3.8) is 0 Å². The number of likely N-dealkylation sites (tertiary alicyclic amines) is 1. The Balaban J connectivity index is 1.79. The van der Waals surface area contributed by atoms with Crippen molar-refractivity contribution in [1.82, 2.24) is 9.96 Å². The Kier molecular flexibility index (Phi) is 9.30. The highest BCUT2D eigenvalue weighted by atomic mass is 16.7. The quantitative estimate of drug-likeness (QED) is 0.310. The molecule has 1 heterocycles. The van der Waals surface area contributed by atoms with E-state index in [0.717, 1.165) is 11.1 Å². The maximum absolute atomic E-state index is 13.2. The Hall–Kier alpha value is -3.59. The van der Waals surface area contributed by atoms with Crippen LogP contribution in [0.25, 0.3) is 0 Å². The van der Waals surface area contributed by atoms with Crippen LogP contribution >= 0.6 is 0 Å². The van der Waals surface area contributed by atoms with Gasteiger partial charge in [0.05, 0.1) is 13.2 Å². The third-order valence-corrected chi connectivity index (χ3v) is 5.59. The Bertz CT molecular complexity index is 1010. The second-order valence-corrected chi connectivity index (χ2v) is 9.53. The number of rotatable bonds is 7. The van der Waals surface area contributed by atoms with E-state index in [-0.39, 0.29) is 26.2 Å². The molecule has 36 heavy (non-hydrogen) atoms. The van der Waals surface area contributed by atoms with Crippen molar-refractivity contribution in [2.45, 2.75) is 64.5 Å². The van der Waals surface area contributed by atoms with Crippen LogP contribution in [0.3, 0.4) is 0 Å². The average molecular weight is 499 g/mol. The number of methoxy groups -OCH3 is 1. The summed E-state index contributed by atoms with van der Waals surface area (Å²) in [5.74, 6) is -0.539. The van der Waals surface area contributed by atoms with Crippen molar-refractivity contribution in [3.8, 4) is 0 Å². The number of hydroxylamine groups is 2. The summed E-state index contributed by atoms with van der Waals surface area (Å²) in [7, 11) is 1.28. The standard InChI is InChI=1S/C27H34N2O7/c1-27(2,3)36-25(31)28-17-22(15-16-23(28)24(30)33-4)29(35-19-21-13-9-6-10-14-21)26(32)34-18-20-11-7-5-8-12-20/h5-14,22-23H,15-19H2,1-4H3/t22-,23+/m1/s1. The van der Waals surface area contributed by atoms with E-state index < -0.39 is 35.8 Å². The molecule has 0 N–H and O–H groups in total. The van der Waals surface area contributed by atoms with Crippen molar-refractivity contribution in [1.29, 1.82) is 0 Å². The molecule has 1 fully saturated rings. The molecule has 2 aromatic rings. The van der Waals surface area contributed by atoms with Crippen molar-refractivity contribution in [2.75, 3.05) is 13.7 Å². The van der Waals surface area contributed by atoms with Gasteiger partial charge in [-0.2, -0.15) is 5.06 Å². The van der Waals surface area contributed by atoms with Gasteiger partial charge in [-0.05, 0) is 44.7 Å². The minimum absolute atomic E-state index is 0.0178. The van der Waals surface area contributed by atoms with E-state index in [2.05, 4.69) is 0 Å². The fraction of sp³-hybridized carbons (Fsp3) is 0.444. The predicted molar refractivity (Wildman–Crippen MR) is 131 cm³/mol. The number of ether oxygens (including phenoxy) is 3. The summed E-state index contributed by atoms with van der Waals surface area (Å²) in [5.41, 5.74) is 0.937. The van der Waals surface area contributed by atoms with E-state index in [1.807, 2.05) is 60.7 Å². The number of benzene rings is 2. The lowest BCUT2D eigenvalue weighted by Crippen LogP contribution is -2.58. The molecule has 0 aliphatic carbocycles. The summed E-state index contributed by atoms with van der Waals surface area (Å²) in [6.07, 6.45) is -0.675. The monoisotopic (exact) mass is 498 g/mol. The third kappa shape index (κ3) is 7.71. The first-order chi connectivity index (χ1) is 17.2. The summed E-state index contributed by atoms with van der Waals surface area (Å²) < 4.78 is 16.0. The minimum Gasteiger partial charge on any atom is -0.467 e. The van der Waals surface area contributed by atoms with Crippen LogP contribution in [0.2, 0.25) is 0 Å². The van der Waals surface area contributed by atoms with Gasteiger partial charge < -0.3 is 14.2 Å². The molecule has 2 aromatic carbocycles. The van der Waals surface area contributed by atoms with Crippen LogP contribution in [0.15, 0.2) is 60.7 Å². The van der Waals surface area contributed by atoms with Crippen LogP contribution in [-0.2, 0) is 37.1 Å². The number of piperidine rings is 1. The van der Waals surface area contributed by atoms with Crippen molar-refractivity contribution in [3.05, 3.63) is 71.8 Å². The molecular weight excluding hydrogens is 464 g/mol. The first kappa shape index (κ1) is 27.0. The van der Waals surface area contributed by atoms with Crippen LogP contribution in [0.5, 0.6) is 0 Å². The SMILES string of the molecule is COC(=O)[C@@H]1CC[C@@H](N(OCc2ccccc2)C(=O)OCc2ccccc2)CN1C(=O)OC(C)(C)C. The molecule has 1 aliphatic heterocycles. The molecule has 9 nitrogen and oxygen atoms in total. The van der Waals surface area contributed by atoms with Crippen LogP contribution in [0.4, 0.5) is 9.59 Å². The van der Waals surface area contributed by atoms with Gasteiger partial charge in [-0.1, -0.05) is 60.7 Å². The zero-order valence-corrected chi connectivity index (χ0v) is 21.2. The Labute approximate surface area is 211 Å². The van der Waals surface area contributed by atoms with Crippen molar-refractivity contribution >= 4 is 18.2 Å². The number of esters is 1. The maximum atomic E-state index is 13.2. The van der Waals surface area contributed by atoms with Gasteiger partial charge in [0, 0.05) is 6.54 Å². The van der Waals surface area contributed by atoms with Crippen LogP contribution in [0.1, 0.15) is 44.7 Å². The number of hydrogen-bond donors (Lipinski definition) is 0. The molecule has 0 aromatic heterocycles. The molecule has 0 spiro atoms. The van der Waals surface area contributed by atoms with E-state index in [4.69, 9.17) is 19.0 Å². The number of amides is 2. The Morgan fingerprint density at radius 1 is 0.917 bits per heavy atom. The fourth-order valence-electron chi connectivity index (χ4n) is 3.85. The summed E-state index contributed by atoms with van der Waals surface area (Å²) in [6.45, 7) is 5.45. The summed E-state index contributed by atoms with van der Waals surface area (Å²) in [4.78, 5) is 45.8. The summed E-state index contributed by atoms with van der Waals surface area (Å²) in [6, 6.07) is 17.3. The maximum Gasteiger partial charge on any atom is 0.434 e. The van der Waals surface area contributed by atoms with E-state index in [1.165, 1.54) is 17.1 Å². The molecule has 0 bridgehead atoms. The molecule has 0 radical (unpaired) electrons. The highest BCUT2D eigenvalue weighted by Crippen LogP contribution is 2.26. The number of carbonyl (C=O) groups excluding carboxylic acids is 3. The highest BCUT2D eigenvalue weighted by Gasteiger charge is 2.42. The molecule has 194 valence electrons. The predicted octanol–water partition coefficient (Wildman–Crippen LogP) is 4.70. The van der Waals surface area contributed by atoms with E-state index in [1.54, 1.807) is 20.8 Å². The smallest absolute Gasteiger partial charge is 0.434 e. The molecular formula is C27H34N2O7. The third-order valence-electron chi connectivity index (χ3n) is 5.59. The molecule has 3 rings (SSSR count).